The summed E-state index contributed by atoms with van der Waals surface area (Å²) in [5.41, 5.74) is 2.32. The number of likely N-dealkylation sites (N-methyl/N-ethyl adjacent to an activating group) is 1. The van der Waals surface area contributed by atoms with Crippen molar-refractivity contribution in [2.24, 2.45) is 0 Å². The lowest BCUT2D eigenvalue weighted by Gasteiger charge is -2.25. The Labute approximate surface area is 136 Å². The zero-order chi connectivity index (χ0) is 16.4. The van der Waals surface area contributed by atoms with Gasteiger partial charge in [-0.25, -0.2) is 12.8 Å². The highest BCUT2D eigenvalue weighted by atomic mass is 32.2. The Kier molecular flexibility index (Phi) is 4.50. The minimum atomic E-state index is -3.68. The SMILES string of the molecule is CNC[C@@H]1CCCc2cc(S(=O)(=O)c3cccc(F)c3)ccc21. The van der Waals surface area contributed by atoms with Crippen LogP contribution in [0.25, 0.3) is 0 Å². The predicted molar refractivity (Wildman–Crippen MR) is 87.9 cm³/mol. The number of benzene rings is 2. The van der Waals surface area contributed by atoms with Crippen molar-refractivity contribution in [2.45, 2.75) is 35.0 Å². The van der Waals surface area contributed by atoms with Gasteiger partial charge in [-0.3, -0.25) is 0 Å². The molecule has 1 atom stereocenters. The van der Waals surface area contributed by atoms with Crippen molar-refractivity contribution in [3.63, 3.8) is 0 Å². The van der Waals surface area contributed by atoms with Gasteiger partial charge in [-0.1, -0.05) is 12.1 Å². The van der Waals surface area contributed by atoms with Crippen molar-refractivity contribution >= 4 is 9.84 Å². The molecule has 0 saturated heterocycles. The van der Waals surface area contributed by atoms with Crippen LogP contribution in [0.2, 0.25) is 0 Å². The van der Waals surface area contributed by atoms with E-state index in [1.165, 1.54) is 23.8 Å². The molecule has 1 aliphatic carbocycles. The molecule has 3 nitrogen and oxygen atoms in total. The third kappa shape index (κ3) is 3.16. The maximum Gasteiger partial charge on any atom is 0.206 e. The van der Waals surface area contributed by atoms with Crippen LogP contribution in [0.15, 0.2) is 52.3 Å². The van der Waals surface area contributed by atoms with Gasteiger partial charge in [-0.15, -0.1) is 0 Å². The second-order valence-electron chi connectivity index (χ2n) is 5.97. The maximum atomic E-state index is 13.4. The summed E-state index contributed by atoms with van der Waals surface area (Å²) in [5, 5.41) is 3.20. The molecule has 0 fully saturated rings. The second kappa shape index (κ2) is 6.42. The van der Waals surface area contributed by atoms with Crippen LogP contribution in [0, 0.1) is 5.82 Å². The zero-order valence-corrected chi connectivity index (χ0v) is 13.9. The lowest BCUT2D eigenvalue weighted by Crippen LogP contribution is -2.21. The Bertz CT molecular complexity index is 818. The molecule has 0 amide bonds. The summed E-state index contributed by atoms with van der Waals surface area (Å²) in [6, 6.07) is 10.5. The van der Waals surface area contributed by atoms with Gasteiger partial charge < -0.3 is 5.32 Å². The maximum absolute atomic E-state index is 13.4. The van der Waals surface area contributed by atoms with E-state index in [4.69, 9.17) is 0 Å². The first-order chi connectivity index (χ1) is 11.0. The number of halogens is 1. The van der Waals surface area contributed by atoms with Crippen LogP contribution >= 0.6 is 0 Å². The first kappa shape index (κ1) is 16.1. The fourth-order valence-electron chi connectivity index (χ4n) is 3.29. The van der Waals surface area contributed by atoms with Crippen molar-refractivity contribution in [3.8, 4) is 0 Å². The Balaban J connectivity index is 2.01. The van der Waals surface area contributed by atoms with Gasteiger partial charge in [0.15, 0.2) is 0 Å². The molecule has 0 spiro atoms. The Morgan fingerprint density at radius 1 is 1.17 bits per heavy atom. The van der Waals surface area contributed by atoms with E-state index in [9.17, 15) is 12.8 Å². The fraction of sp³-hybridized carbons (Fsp3) is 0.333. The highest BCUT2D eigenvalue weighted by Crippen LogP contribution is 2.33. The van der Waals surface area contributed by atoms with E-state index >= 15 is 0 Å². The van der Waals surface area contributed by atoms with E-state index < -0.39 is 15.7 Å². The normalized spacial score (nSPS) is 17.7. The zero-order valence-electron chi connectivity index (χ0n) is 13.0. The molecule has 3 rings (SSSR count). The Morgan fingerprint density at radius 3 is 2.70 bits per heavy atom. The van der Waals surface area contributed by atoms with Crippen LogP contribution in [0.5, 0.6) is 0 Å². The summed E-state index contributed by atoms with van der Waals surface area (Å²) in [5.74, 6) is -0.118. The molecule has 0 heterocycles. The van der Waals surface area contributed by atoms with Gasteiger partial charge >= 0.3 is 0 Å². The molecule has 2 aromatic rings. The van der Waals surface area contributed by atoms with Crippen molar-refractivity contribution < 1.29 is 12.8 Å². The predicted octanol–water partition coefficient (Wildman–Crippen LogP) is 3.30. The summed E-state index contributed by atoms with van der Waals surface area (Å²) in [6.45, 7) is 0.892. The van der Waals surface area contributed by atoms with Crippen LogP contribution in [-0.2, 0) is 16.3 Å². The summed E-state index contributed by atoms with van der Waals surface area (Å²) in [4.78, 5) is 0.243. The standard InChI is InChI=1S/C18H20FNO2S/c1-20-12-14-5-2-4-13-10-17(8-9-18(13)14)23(21,22)16-7-3-6-15(19)11-16/h3,6-11,14,20H,2,4-5,12H2,1H3/t14-/m0/s1. The fourth-order valence-corrected chi connectivity index (χ4v) is 4.63. The quantitative estimate of drug-likeness (QED) is 0.934. The molecule has 0 aromatic heterocycles. The van der Waals surface area contributed by atoms with Gasteiger partial charge in [0.1, 0.15) is 5.82 Å². The van der Waals surface area contributed by atoms with Crippen molar-refractivity contribution in [2.75, 3.05) is 13.6 Å². The second-order valence-corrected chi connectivity index (χ2v) is 7.92. The molecule has 0 unspecified atom stereocenters. The number of hydrogen-bond donors (Lipinski definition) is 1. The van der Waals surface area contributed by atoms with Gasteiger partial charge in [-0.2, -0.15) is 0 Å². The summed E-state index contributed by atoms with van der Waals surface area (Å²) in [7, 11) is -1.75. The number of fused-ring (bicyclic) bond motifs is 1. The van der Waals surface area contributed by atoms with Gasteiger partial charge in [0.05, 0.1) is 9.79 Å². The molecular weight excluding hydrogens is 313 g/mol. The molecule has 1 aliphatic rings. The molecule has 0 aliphatic heterocycles. The number of nitrogens with one attached hydrogen (secondary N) is 1. The number of hydrogen-bond acceptors (Lipinski definition) is 3. The molecule has 2 aromatic carbocycles. The molecule has 0 saturated carbocycles. The lowest BCUT2D eigenvalue weighted by atomic mass is 9.83. The monoisotopic (exact) mass is 333 g/mol. The summed E-state index contributed by atoms with van der Waals surface area (Å²) < 4.78 is 38.8. The molecule has 5 heteroatoms. The minimum absolute atomic E-state index is 0.0000318. The van der Waals surface area contributed by atoms with E-state index in [0.717, 1.165) is 37.4 Å². The van der Waals surface area contributed by atoms with Crippen molar-refractivity contribution in [1.82, 2.24) is 5.32 Å². The van der Waals surface area contributed by atoms with E-state index in [1.54, 1.807) is 12.1 Å². The summed E-state index contributed by atoms with van der Waals surface area (Å²) in [6.07, 6.45) is 3.06. The van der Waals surface area contributed by atoms with Crippen LogP contribution in [-0.4, -0.2) is 22.0 Å². The van der Waals surface area contributed by atoms with Gasteiger partial charge in [0.25, 0.3) is 0 Å². The van der Waals surface area contributed by atoms with E-state index in [0.29, 0.717) is 5.92 Å². The lowest BCUT2D eigenvalue weighted by molar-refractivity contribution is 0.527. The van der Waals surface area contributed by atoms with E-state index in [-0.39, 0.29) is 9.79 Å². The first-order valence-electron chi connectivity index (χ1n) is 7.80. The Morgan fingerprint density at radius 2 is 1.96 bits per heavy atom. The van der Waals surface area contributed by atoms with E-state index in [1.807, 2.05) is 13.1 Å². The number of sulfone groups is 1. The first-order valence-corrected chi connectivity index (χ1v) is 9.29. The van der Waals surface area contributed by atoms with Gasteiger partial charge in [0, 0.05) is 6.54 Å². The largest absolute Gasteiger partial charge is 0.319 e. The Hall–Kier alpha value is -1.72. The van der Waals surface area contributed by atoms with Gasteiger partial charge in [-0.05, 0) is 73.7 Å². The number of aryl methyl sites for hydroxylation is 1. The average Bonchev–Trinajstić information content (AvgIpc) is 2.55. The van der Waals surface area contributed by atoms with Crippen LogP contribution in [0.3, 0.4) is 0 Å². The number of rotatable bonds is 4. The smallest absolute Gasteiger partial charge is 0.206 e. The third-order valence-corrected chi connectivity index (χ3v) is 6.17. The minimum Gasteiger partial charge on any atom is -0.319 e. The average molecular weight is 333 g/mol. The molecular formula is C18H20FNO2S. The highest BCUT2D eigenvalue weighted by Gasteiger charge is 2.24. The topological polar surface area (TPSA) is 46.2 Å². The van der Waals surface area contributed by atoms with Crippen molar-refractivity contribution in [3.05, 3.63) is 59.4 Å². The third-order valence-electron chi connectivity index (χ3n) is 4.42. The molecule has 1 N–H and O–H groups in total. The van der Waals surface area contributed by atoms with E-state index in [2.05, 4.69) is 5.32 Å². The molecule has 122 valence electrons. The van der Waals surface area contributed by atoms with Gasteiger partial charge in [0.2, 0.25) is 9.84 Å². The highest BCUT2D eigenvalue weighted by molar-refractivity contribution is 7.91. The van der Waals surface area contributed by atoms with Crippen molar-refractivity contribution in [1.29, 1.82) is 0 Å². The van der Waals surface area contributed by atoms with Crippen LogP contribution < -0.4 is 5.32 Å². The molecule has 23 heavy (non-hydrogen) atoms. The molecule has 0 radical (unpaired) electrons. The summed E-state index contributed by atoms with van der Waals surface area (Å²) >= 11 is 0. The van der Waals surface area contributed by atoms with Crippen LogP contribution in [0.1, 0.15) is 29.9 Å². The van der Waals surface area contributed by atoms with Crippen LogP contribution in [0.4, 0.5) is 4.39 Å². The molecule has 0 bridgehead atoms.